The summed E-state index contributed by atoms with van der Waals surface area (Å²) < 4.78 is 0. The van der Waals surface area contributed by atoms with Crippen molar-refractivity contribution in [3.05, 3.63) is 24.0 Å². The highest BCUT2D eigenvalue weighted by Gasteiger charge is 2.10. The van der Waals surface area contributed by atoms with E-state index in [0.717, 1.165) is 31.9 Å². The molecule has 0 aliphatic rings. The van der Waals surface area contributed by atoms with Crippen LogP contribution in [0, 0.1) is 5.92 Å². The van der Waals surface area contributed by atoms with Crippen LogP contribution in [-0.2, 0) is 6.54 Å². The van der Waals surface area contributed by atoms with E-state index < -0.39 is 0 Å². The van der Waals surface area contributed by atoms with Gasteiger partial charge in [0.05, 0.1) is 5.69 Å². The highest BCUT2D eigenvalue weighted by Crippen LogP contribution is 2.16. The molecule has 0 saturated carbocycles. The zero-order valence-corrected chi connectivity index (χ0v) is 14.6. The van der Waals surface area contributed by atoms with E-state index in [1.165, 1.54) is 5.69 Å². The predicted octanol–water partition coefficient (Wildman–Crippen LogP) is 2.60. The molecule has 4 nitrogen and oxygen atoms in total. The maximum atomic E-state index is 4.47. The normalized spacial score (nSPS) is 11.7. The van der Waals surface area contributed by atoms with Crippen LogP contribution in [0.1, 0.15) is 33.4 Å². The molecule has 0 aliphatic carbocycles. The maximum absolute atomic E-state index is 4.47. The molecule has 1 aromatic heterocycles. The van der Waals surface area contributed by atoms with Gasteiger partial charge in [-0.25, -0.2) is 0 Å². The summed E-state index contributed by atoms with van der Waals surface area (Å²) in [7, 11) is 4.25. The molecule has 0 unspecified atom stereocenters. The van der Waals surface area contributed by atoms with Gasteiger partial charge in [-0.15, -0.1) is 0 Å². The summed E-state index contributed by atoms with van der Waals surface area (Å²) in [4.78, 5) is 9.16. The number of rotatable bonds is 9. The van der Waals surface area contributed by atoms with Crippen LogP contribution in [0.4, 0.5) is 5.69 Å². The Bertz CT molecular complexity index is 402. The number of nitrogens with zero attached hydrogens (tertiary/aromatic N) is 3. The van der Waals surface area contributed by atoms with Crippen molar-refractivity contribution >= 4 is 5.69 Å². The number of likely N-dealkylation sites (N-methyl/N-ethyl adjacent to an activating group) is 1. The maximum Gasteiger partial charge on any atom is 0.0562 e. The SMILES string of the molecule is CC(C)CN(CCN(C)C)c1ccnc(CNC(C)C)c1. The monoisotopic (exact) mass is 292 g/mol. The Morgan fingerprint density at radius 1 is 1.14 bits per heavy atom. The lowest BCUT2D eigenvalue weighted by Gasteiger charge is -2.28. The third-order valence-corrected chi connectivity index (χ3v) is 3.26. The highest BCUT2D eigenvalue weighted by atomic mass is 15.2. The number of hydrogen-bond acceptors (Lipinski definition) is 4. The second-order valence-electron chi connectivity index (χ2n) is 6.68. The largest absolute Gasteiger partial charge is 0.370 e. The van der Waals surface area contributed by atoms with Crippen LogP contribution in [-0.4, -0.2) is 49.7 Å². The molecule has 0 spiro atoms. The van der Waals surface area contributed by atoms with E-state index in [1.54, 1.807) is 0 Å². The topological polar surface area (TPSA) is 31.4 Å². The summed E-state index contributed by atoms with van der Waals surface area (Å²) in [5, 5.41) is 3.43. The Morgan fingerprint density at radius 2 is 1.86 bits per heavy atom. The van der Waals surface area contributed by atoms with Gasteiger partial charge in [-0.2, -0.15) is 0 Å². The van der Waals surface area contributed by atoms with Gasteiger partial charge in [0.2, 0.25) is 0 Å². The standard InChI is InChI=1S/C17H32N4/c1-14(2)13-21(10-9-20(5)6)17-7-8-18-16(11-17)12-19-15(3)4/h7-8,11,14-15,19H,9-10,12-13H2,1-6H3. The molecule has 1 rings (SSSR count). The Morgan fingerprint density at radius 3 is 2.43 bits per heavy atom. The third-order valence-electron chi connectivity index (χ3n) is 3.26. The molecular weight excluding hydrogens is 260 g/mol. The molecule has 0 fully saturated rings. The van der Waals surface area contributed by atoms with Crippen molar-refractivity contribution in [3.63, 3.8) is 0 Å². The lowest BCUT2D eigenvalue weighted by Crippen LogP contribution is -2.34. The van der Waals surface area contributed by atoms with Gasteiger partial charge in [0.1, 0.15) is 0 Å². The molecule has 120 valence electrons. The molecular formula is C17H32N4. The second-order valence-corrected chi connectivity index (χ2v) is 6.68. The summed E-state index contributed by atoms with van der Waals surface area (Å²) in [6.45, 7) is 12.9. The van der Waals surface area contributed by atoms with Gasteiger partial charge in [0, 0.05) is 44.1 Å². The molecule has 4 heteroatoms. The Balaban J connectivity index is 2.77. The van der Waals surface area contributed by atoms with E-state index in [0.29, 0.717) is 12.0 Å². The molecule has 1 aromatic rings. The fourth-order valence-corrected chi connectivity index (χ4v) is 2.15. The summed E-state index contributed by atoms with van der Waals surface area (Å²) in [5.74, 6) is 0.651. The number of nitrogens with one attached hydrogen (secondary N) is 1. The average Bonchev–Trinajstić information content (AvgIpc) is 2.41. The molecule has 1 N–H and O–H groups in total. The van der Waals surface area contributed by atoms with Crippen molar-refractivity contribution in [1.82, 2.24) is 15.2 Å². The van der Waals surface area contributed by atoms with Crippen molar-refractivity contribution < 1.29 is 0 Å². The number of hydrogen-bond donors (Lipinski definition) is 1. The van der Waals surface area contributed by atoms with Crippen LogP contribution in [0.3, 0.4) is 0 Å². The minimum atomic E-state index is 0.482. The van der Waals surface area contributed by atoms with Crippen LogP contribution in [0.5, 0.6) is 0 Å². The Hall–Kier alpha value is -1.13. The van der Waals surface area contributed by atoms with Crippen molar-refractivity contribution in [1.29, 1.82) is 0 Å². The summed E-state index contributed by atoms with van der Waals surface area (Å²) in [5.41, 5.74) is 2.39. The molecule has 0 aliphatic heterocycles. The van der Waals surface area contributed by atoms with Gasteiger partial charge in [-0.1, -0.05) is 27.7 Å². The molecule has 21 heavy (non-hydrogen) atoms. The Labute approximate surface area is 130 Å². The smallest absolute Gasteiger partial charge is 0.0562 e. The lowest BCUT2D eigenvalue weighted by atomic mass is 10.2. The van der Waals surface area contributed by atoms with Gasteiger partial charge in [0.15, 0.2) is 0 Å². The van der Waals surface area contributed by atoms with Crippen molar-refractivity contribution in [3.8, 4) is 0 Å². The van der Waals surface area contributed by atoms with Crippen molar-refractivity contribution in [2.24, 2.45) is 5.92 Å². The zero-order valence-electron chi connectivity index (χ0n) is 14.6. The summed E-state index contributed by atoms with van der Waals surface area (Å²) >= 11 is 0. The lowest BCUT2D eigenvalue weighted by molar-refractivity contribution is 0.409. The summed E-state index contributed by atoms with van der Waals surface area (Å²) in [6.07, 6.45) is 1.93. The molecule has 0 bridgehead atoms. The predicted molar refractivity (Wildman–Crippen MR) is 91.8 cm³/mol. The highest BCUT2D eigenvalue weighted by molar-refractivity contribution is 5.46. The van der Waals surface area contributed by atoms with E-state index in [9.17, 15) is 0 Å². The molecule has 0 atom stereocenters. The first-order chi connectivity index (χ1) is 9.88. The zero-order chi connectivity index (χ0) is 15.8. The van der Waals surface area contributed by atoms with Crippen LogP contribution < -0.4 is 10.2 Å². The summed E-state index contributed by atoms with van der Waals surface area (Å²) in [6, 6.07) is 4.82. The molecule has 0 aromatic carbocycles. The molecule has 0 amide bonds. The van der Waals surface area contributed by atoms with Gasteiger partial charge in [-0.3, -0.25) is 4.98 Å². The molecule has 0 saturated heterocycles. The van der Waals surface area contributed by atoms with Crippen LogP contribution in [0.25, 0.3) is 0 Å². The number of pyridine rings is 1. The van der Waals surface area contributed by atoms with E-state index in [1.807, 2.05) is 6.20 Å². The fraction of sp³-hybridized carbons (Fsp3) is 0.706. The van der Waals surface area contributed by atoms with E-state index >= 15 is 0 Å². The van der Waals surface area contributed by atoms with Crippen LogP contribution in [0.15, 0.2) is 18.3 Å². The van der Waals surface area contributed by atoms with Crippen molar-refractivity contribution in [2.45, 2.75) is 40.3 Å². The van der Waals surface area contributed by atoms with Crippen LogP contribution in [0.2, 0.25) is 0 Å². The van der Waals surface area contributed by atoms with Crippen molar-refractivity contribution in [2.75, 3.05) is 38.6 Å². The van der Waals surface area contributed by atoms with E-state index in [-0.39, 0.29) is 0 Å². The Kier molecular flexibility index (Phi) is 7.68. The first kappa shape index (κ1) is 17.9. The average molecular weight is 292 g/mol. The van der Waals surface area contributed by atoms with Gasteiger partial charge in [-0.05, 0) is 32.1 Å². The van der Waals surface area contributed by atoms with Crippen LogP contribution >= 0.6 is 0 Å². The first-order valence-corrected chi connectivity index (χ1v) is 7.96. The van der Waals surface area contributed by atoms with E-state index in [4.69, 9.17) is 0 Å². The molecule has 0 radical (unpaired) electrons. The second kappa shape index (κ2) is 9.00. The van der Waals surface area contributed by atoms with E-state index in [2.05, 4.69) is 74.0 Å². The quantitative estimate of drug-likeness (QED) is 0.758. The minimum Gasteiger partial charge on any atom is -0.370 e. The fourth-order valence-electron chi connectivity index (χ4n) is 2.15. The molecule has 1 heterocycles. The first-order valence-electron chi connectivity index (χ1n) is 7.96. The van der Waals surface area contributed by atoms with Gasteiger partial charge in [0.25, 0.3) is 0 Å². The van der Waals surface area contributed by atoms with Gasteiger partial charge < -0.3 is 15.1 Å². The minimum absolute atomic E-state index is 0.482. The number of aromatic nitrogens is 1. The number of anilines is 1. The third kappa shape index (κ3) is 7.44. The van der Waals surface area contributed by atoms with Gasteiger partial charge >= 0.3 is 0 Å².